The molecular formula is C9H17N3O2. The van der Waals surface area contributed by atoms with E-state index in [0.29, 0.717) is 6.04 Å². The van der Waals surface area contributed by atoms with Gasteiger partial charge < -0.3 is 4.90 Å². The summed E-state index contributed by atoms with van der Waals surface area (Å²) in [6.45, 7) is 8.07. The molecule has 0 amide bonds. The molecule has 80 valence electrons. The molecule has 1 aliphatic heterocycles. The molecule has 0 aromatic carbocycles. The molecule has 5 heteroatoms. The van der Waals surface area contributed by atoms with Crippen LogP contribution in [-0.2, 0) is 0 Å². The van der Waals surface area contributed by atoms with Gasteiger partial charge in [-0.1, -0.05) is 0 Å². The van der Waals surface area contributed by atoms with E-state index in [9.17, 15) is 10.1 Å². The second-order valence-electron chi connectivity index (χ2n) is 3.75. The summed E-state index contributed by atoms with van der Waals surface area (Å²) in [5.74, 6) is 0. The number of hydrogen-bond donors (Lipinski definition) is 0. The molecular weight excluding hydrogens is 182 g/mol. The zero-order chi connectivity index (χ0) is 10.6. The Bertz CT molecular complexity index is 220. The van der Waals surface area contributed by atoms with Crippen LogP contribution in [0.5, 0.6) is 0 Å². The van der Waals surface area contributed by atoms with E-state index in [1.807, 2.05) is 4.90 Å². The van der Waals surface area contributed by atoms with Gasteiger partial charge in [-0.25, -0.2) is 0 Å². The molecule has 14 heavy (non-hydrogen) atoms. The van der Waals surface area contributed by atoms with Crippen molar-refractivity contribution in [3.05, 3.63) is 22.5 Å². The van der Waals surface area contributed by atoms with Crippen LogP contribution >= 0.6 is 0 Å². The first-order valence-electron chi connectivity index (χ1n) is 4.89. The van der Waals surface area contributed by atoms with Crippen molar-refractivity contribution in [1.82, 2.24) is 9.80 Å². The Hall–Kier alpha value is -1.10. The van der Waals surface area contributed by atoms with Crippen LogP contribution in [0, 0.1) is 10.1 Å². The summed E-state index contributed by atoms with van der Waals surface area (Å²) < 4.78 is 0. The van der Waals surface area contributed by atoms with Crippen molar-refractivity contribution in [2.24, 2.45) is 0 Å². The molecule has 0 bridgehead atoms. The molecule has 1 fully saturated rings. The number of rotatable bonds is 3. The average Bonchev–Trinajstić information content (AvgIpc) is 2.15. The zero-order valence-electron chi connectivity index (χ0n) is 8.72. The Morgan fingerprint density at radius 2 is 1.86 bits per heavy atom. The van der Waals surface area contributed by atoms with Crippen LogP contribution in [0.1, 0.15) is 13.8 Å². The molecule has 0 N–H and O–H groups in total. The largest absolute Gasteiger partial charge is 0.370 e. The maximum atomic E-state index is 10.1. The van der Waals surface area contributed by atoms with Crippen molar-refractivity contribution in [1.29, 1.82) is 0 Å². The van der Waals surface area contributed by atoms with Crippen molar-refractivity contribution < 1.29 is 4.92 Å². The molecule has 0 aromatic rings. The maximum absolute atomic E-state index is 10.1. The van der Waals surface area contributed by atoms with E-state index < -0.39 is 4.92 Å². The van der Waals surface area contributed by atoms with Crippen molar-refractivity contribution in [3.63, 3.8) is 0 Å². The van der Waals surface area contributed by atoms with Crippen LogP contribution in [0.2, 0.25) is 0 Å². The van der Waals surface area contributed by atoms with Gasteiger partial charge in [-0.05, 0) is 13.8 Å². The SMILES string of the molecule is CC(C)N1CCN(/C=C/[N+](=O)[O-])CC1. The predicted molar refractivity (Wildman–Crippen MR) is 54.4 cm³/mol. The summed E-state index contributed by atoms with van der Waals surface area (Å²) in [5, 5.41) is 10.1. The minimum Gasteiger partial charge on any atom is -0.370 e. The third-order valence-corrected chi connectivity index (χ3v) is 2.48. The third kappa shape index (κ3) is 3.33. The van der Waals surface area contributed by atoms with Gasteiger partial charge in [-0.15, -0.1) is 0 Å². The topological polar surface area (TPSA) is 49.6 Å². The highest BCUT2D eigenvalue weighted by molar-refractivity contribution is 4.82. The van der Waals surface area contributed by atoms with Gasteiger partial charge in [0, 0.05) is 32.2 Å². The fourth-order valence-electron chi connectivity index (χ4n) is 1.55. The van der Waals surface area contributed by atoms with Crippen LogP contribution in [0.25, 0.3) is 0 Å². The third-order valence-electron chi connectivity index (χ3n) is 2.48. The van der Waals surface area contributed by atoms with Crippen molar-refractivity contribution in [3.8, 4) is 0 Å². The highest BCUT2D eigenvalue weighted by Crippen LogP contribution is 2.05. The van der Waals surface area contributed by atoms with Crippen LogP contribution < -0.4 is 0 Å². The molecule has 0 saturated carbocycles. The minimum atomic E-state index is -0.422. The van der Waals surface area contributed by atoms with E-state index in [4.69, 9.17) is 0 Å². The van der Waals surface area contributed by atoms with Crippen LogP contribution in [0.3, 0.4) is 0 Å². The zero-order valence-corrected chi connectivity index (χ0v) is 8.72. The molecule has 0 spiro atoms. The molecule has 0 unspecified atom stereocenters. The lowest BCUT2D eigenvalue weighted by Crippen LogP contribution is -2.46. The molecule has 0 atom stereocenters. The smallest absolute Gasteiger partial charge is 0.250 e. The van der Waals surface area contributed by atoms with Crippen LogP contribution in [0.4, 0.5) is 0 Å². The molecule has 5 nitrogen and oxygen atoms in total. The molecule has 1 saturated heterocycles. The van der Waals surface area contributed by atoms with Gasteiger partial charge in [0.2, 0.25) is 6.20 Å². The molecule has 0 aromatic heterocycles. The summed E-state index contributed by atoms with van der Waals surface area (Å²) in [6, 6.07) is 0.566. The van der Waals surface area contributed by atoms with Crippen molar-refractivity contribution in [2.75, 3.05) is 26.2 Å². The molecule has 0 radical (unpaired) electrons. The predicted octanol–water partition coefficient (Wildman–Crippen LogP) is 0.760. The number of piperazine rings is 1. The normalized spacial score (nSPS) is 19.5. The maximum Gasteiger partial charge on any atom is 0.250 e. The fourth-order valence-corrected chi connectivity index (χ4v) is 1.55. The monoisotopic (exact) mass is 199 g/mol. The Kier molecular flexibility index (Phi) is 3.88. The first-order chi connectivity index (χ1) is 6.59. The first-order valence-corrected chi connectivity index (χ1v) is 4.89. The van der Waals surface area contributed by atoms with Gasteiger partial charge in [0.25, 0.3) is 0 Å². The van der Waals surface area contributed by atoms with Crippen molar-refractivity contribution >= 4 is 0 Å². The van der Waals surface area contributed by atoms with E-state index in [2.05, 4.69) is 18.7 Å². The van der Waals surface area contributed by atoms with Gasteiger partial charge in [-0.3, -0.25) is 15.0 Å². The Morgan fingerprint density at radius 1 is 1.29 bits per heavy atom. The Labute approximate surface area is 84.1 Å². The molecule has 1 rings (SSSR count). The van der Waals surface area contributed by atoms with Gasteiger partial charge >= 0.3 is 0 Å². The lowest BCUT2D eigenvalue weighted by Gasteiger charge is -2.35. The molecule has 1 aliphatic rings. The summed E-state index contributed by atoms with van der Waals surface area (Å²) in [5.41, 5.74) is 0. The van der Waals surface area contributed by atoms with Gasteiger partial charge in [0.05, 0.1) is 11.1 Å². The van der Waals surface area contributed by atoms with E-state index in [0.717, 1.165) is 32.4 Å². The lowest BCUT2D eigenvalue weighted by atomic mass is 10.2. The minimum absolute atomic E-state index is 0.422. The van der Waals surface area contributed by atoms with E-state index in [1.165, 1.54) is 0 Å². The number of nitro groups is 1. The van der Waals surface area contributed by atoms with Crippen LogP contribution in [0.15, 0.2) is 12.4 Å². The van der Waals surface area contributed by atoms with Crippen molar-refractivity contribution in [2.45, 2.75) is 19.9 Å². The number of hydrogen-bond acceptors (Lipinski definition) is 4. The van der Waals surface area contributed by atoms with E-state index in [1.54, 1.807) is 6.20 Å². The quantitative estimate of drug-likeness (QED) is 0.497. The van der Waals surface area contributed by atoms with Gasteiger partial charge in [0.15, 0.2) is 0 Å². The molecule has 0 aliphatic carbocycles. The number of nitrogens with zero attached hydrogens (tertiary/aromatic N) is 3. The summed E-state index contributed by atoms with van der Waals surface area (Å²) in [7, 11) is 0. The highest BCUT2D eigenvalue weighted by atomic mass is 16.6. The van der Waals surface area contributed by atoms with E-state index in [-0.39, 0.29) is 0 Å². The van der Waals surface area contributed by atoms with Crippen LogP contribution in [-0.4, -0.2) is 46.9 Å². The van der Waals surface area contributed by atoms with Gasteiger partial charge in [-0.2, -0.15) is 0 Å². The summed E-state index contributed by atoms with van der Waals surface area (Å²) in [6.07, 6.45) is 2.57. The average molecular weight is 199 g/mol. The highest BCUT2D eigenvalue weighted by Gasteiger charge is 2.16. The second-order valence-corrected chi connectivity index (χ2v) is 3.75. The fraction of sp³-hybridized carbons (Fsp3) is 0.778. The Morgan fingerprint density at radius 3 is 2.29 bits per heavy atom. The van der Waals surface area contributed by atoms with Gasteiger partial charge in [0.1, 0.15) is 0 Å². The summed E-state index contributed by atoms with van der Waals surface area (Å²) >= 11 is 0. The standard InChI is InChI=1S/C9H17N3O2/c1-9(2)11-6-3-10(4-7-11)5-8-12(13)14/h5,8-9H,3-4,6-7H2,1-2H3/b8-5+. The second kappa shape index (κ2) is 4.95. The molecule has 1 heterocycles. The Balaban J connectivity index is 2.32. The van der Waals surface area contributed by atoms with E-state index >= 15 is 0 Å². The lowest BCUT2D eigenvalue weighted by molar-refractivity contribution is -0.403. The summed E-state index contributed by atoms with van der Waals surface area (Å²) in [4.78, 5) is 14.0. The first kappa shape index (κ1) is 11.0.